The molecule has 1 amide bonds. The van der Waals surface area contributed by atoms with Gasteiger partial charge in [-0.25, -0.2) is 0 Å². The minimum absolute atomic E-state index is 0.0371. The maximum atomic E-state index is 14.9. The van der Waals surface area contributed by atoms with Crippen molar-refractivity contribution in [1.29, 1.82) is 0 Å². The van der Waals surface area contributed by atoms with Crippen LogP contribution in [0.5, 0.6) is 5.75 Å². The van der Waals surface area contributed by atoms with Crippen LogP contribution in [0.15, 0.2) is 125 Å². The zero-order valence-electron chi connectivity index (χ0n) is 41.0. The van der Waals surface area contributed by atoms with E-state index in [0.717, 1.165) is 40.7 Å². The number of β-amino-alcohol motifs (C(OH)–C–C–N with tert-alkyl or cyclic N) is 1. The molecule has 7 rings (SSSR count). The average Bonchev–Trinajstić information content (AvgIpc) is 3.65. The lowest BCUT2D eigenvalue weighted by Gasteiger charge is -2.56. The summed E-state index contributed by atoms with van der Waals surface area (Å²) in [6.45, 7) is 11.7. The van der Waals surface area contributed by atoms with Crippen molar-refractivity contribution >= 4 is 11.7 Å². The molecular weight excluding hydrogens is 867 g/mol. The first-order chi connectivity index (χ1) is 32.9. The number of phenolic OH excluding ortho intramolecular Hbond substituents is 1. The number of amides is 1. The van der Waals surface area contributed by atoms with Crippen molar-refractivity contribution in [2.45, 2.75) is 141 Å². The molecule has 2 bridgehead atoms. The van der Waals surface area contributed by atoms with Gasteiger partial charge in [0.05, 0.1) is 30.5 Å². The lowest BCUT2D eigenvalue weighted by atomic mass is 9.52. The SMILES string of the molecule is C=C(C=CC=C(CO)C1CCC2(C3CCC(O)Cc4cccc(c4)CC(Cc4ccc(O)cc4)C(O)CNC4C(=O)NC(N)c5cccc(c54)CC(=O)C(C)=C3CCC2(C)O)C1O)CCC=C(C)C. The van der Waals surface area contributed by atoms with Crippen molar-refractivity contribution in [2.24, 2.45) is 28.9 Å². The monoisotopic (exact) mass is 942 g/mol. The summed E-state index contributed by atoms with van der Waals surface area (Å²) in [4.78, 5) is 28.8. The van der Waals surface area contributed by atoms with E-state index in [-0.39, 0.29) is 42.9 Å². The van der Waals surface area contributed by atoms with Crippen LogP contribution in [-0.2, 0) is 35.3 Å². The summed E-state index contributed by atoms with van der Waals surface area (Å²) in [7, 11) is 0. The number of aromatic hydroxyl groups is 1. The van der Waals surface area contributed by atoms with E-state index in [1.165, 1.54) is 5.57 Å². The molecule has 0 saturated heterocycles. The molecule has 10 atom stereocenters. The van der Waals surface area contributed by atoms with Gasteiger partial charge in [0.1, 0.15) is 18.0 Å². The molecule has 2 saturated carbocycles. The molecule has 370 valence electrons. The fourth-order valence-corrected chi connectivity index (χ4v) is 12.1. The Balaban J connectivity index is 1.28. The molecule has 4 aliphatic rings. The number of hydrogen-bond acceptors (Lipinski definition) is 10. The first kappa shape index (κ1) is 51.9. The first-order valence-corrected chi connectivity index (χ1v) is 25.0. The smallest absolute Gasteiger partial charge is 0.243 e. The van der Waals surface area contributed by atoms with Crippen LogP contribution in [0.2, 0.25) is 0 Å². The topological polar surface area (TPSA) is 206 Å². The number of fused-ring (bicyclic) bond motifs is 4. The van der Waals surface area contributed by atoms with Gasteiger partial charge in [-0.2, -0.15) is 0 Å². The summed E-state index contributed by atoms with van der Waals surface area (Å²) in [6.07, 6.45) is 9.66. The number of aliphatic hydroxyl groups excluding tert-OH is 4. The van der Waals surface area contributed by atoms with Crippen molar-refractivity contribution in [3.05, 3.63) is 159 Å². The summed E-state index contributed by atoms with van der Waals surface area (Å²) in [5, 5.41) is 76.3. The van der Waals surface area contributed by atoms with Crippen molar-refractivity contribution in [3.63, 3.8) is 0 Å². The number of benzene rings is 3. The molecule has 69 heavy (non-hydrogen) atoms. The zero-order chi connectivity index (χ0) is 49.6. The summed E-state index contributed by atoms with van der Waals surface area (Å²) < 4.78 is 0. The van der Waals surface area contributed by atoms with Gasteiger partial charge in [-0.1, -0.05) is 102 Å². The van der Waals surface area contributed by atoms with Gasteiger partial charge in [-0.15, -0.1) is 0 Å². The lowest BCUT2D eigenvalue weighted by Crippen LogP contribution is -2.59. The molecule has 2 fully saturated rings. The van der Waals surface area contributed by atoms with E-state index in [4.69, 9.17) is 5.73 Å². The molecule has 2 aliphatic heterocycles. The minimum atomic E-state index is -1.34. The zero-order valence-corrected chi connectivity index (χ0v) is 41.0. The highest BCUT2D eigenvalue weighted by molar-refractivity contribution is 5.98. The fraction of sp³-hybridized carbons (Fsp3) is 0.483. The van der Waals surface area contributed by atoms with Crippen LogP contribution in [0, 0.1) is 23.2 Å². The Kier molecular flexibility index (Phi) is 16.8. The number of carbonyl (C=O) groups excluding carboxylic acids is 2. The van der Waals surface area contributed by atoms with Gasteiger partial charge in [0, 0.05) is 24.3 Å². The van der Waals surface area contributed by atoms with E-state index in [1.807, 2.05) is 73.7 Å². The van der Waals surface area contributed by atoms with Crippen LogP contribution < -0.4 is 16.4 Å². The van der Waals surface area contributed by atoms with Crippen LogP contribution in [0.1, 0.15) is 125 Å². The van der Waals surface area contributed by atoms with E-state index in [1.54, 1.807) is 19.1 Å². The number of nitrogens with two attached hydrogens (primary N) is 1. The number of hydrogen-bond donors (Lipinski definition) is 9. The van der Waals surface area contributed by atoms with Crippen LogP contribution >= 0.6 is 0 Å². The maximum Gasteiger partial charge on any atom is 0.243 e. The van der Waals surface area contributed by atoms with Crippen LogP contribution in [0.3, 0.4) is 0 Å². The molecule has 0 radical (unpaired) electrons. The molecule has 0 aromatic heterocycles. The number of phenols is 1. The highest BCUT2D eigenvalue weighted by Gasteiger charge is 2.64. The molecule has 10 N–H and O–H groups in total. The predicted octanol–water partition coefficient (Wildman–Crippen LogP) is 7.39. The van der Waals surface area contributed by atoms with E-state index < -0.39 is 53.4 Å². The van der Waals surface area contributed by atoms with Crippen molar-refractivity contribution in [1.82, 2.24) is 10.6 Å². The quantitative estimate of drug-likeness (QED) is 0.0769. The predicted molar refractivity (Wildman–Crippen MR) is 271 cm³/mol. The molecule has 1 spiro atoms. The van der Waals surface area contributed by atoms with E-state index in [9.17, 15) is 40.2 Å². The number of Topliss-reactive ketones (excluding diaryl/α,β-unsaturated/α-hetero) is 1. The highest BCUT2D eigenvalue weighted by Crippen LogP contribution is 2.63. The Hall–Kier alpha value is -4.98. The van der Waals surface area contributed by atoms with Crippen molar-refractivity contribution in [3.8, 4) is 5.75 Å². The summed E-state index contributed by atoms with van der Waals surface area (Å²) in [5.74, 6) is -1.63. The third-order valence-electron chi connectivity index (χ3n) is 15.9. The molecule has 3 aromatic carbocycles. The van der Waals surface area contributed by atoms with Gasteiger partial charge in [-0.3, -0.25) is 14.9 Å². The van der Waals surface area contributed by atoms with Crippen molar-refractivity contribution < 1.29 is 40.2 Å². The van der Waals surface area contributed by atoms with Crippen LogP contribution in [-0.4, -0.2) is 79.4 Å². The second-order valence-corrected chi connectivity index (χ2v) is 20.8. The number of rotatable bonds is 9. The molecule has 3 aromatic rings. The van der Waals surface area contributed by atoms with Crippen molar-refractivity contribution in [2.75, 3.05) is 13.2 Å². The van der Waals surface area contributed by atoms with Gasteiger partial charge < -0.3 is 41.7 Å². The van der Waals surface area contributed by atoms with Gasteiger partial charge >= 0.3 is 0 Å². The second kappa shape index (κ2) is 22.4. The fourth-order valence-electron chi connectivity index (χ4n) is 12.1. The Morgan fingerprint density at radius 2 is 1.68 bits per heavy atom. The average molecular weight is 942 g/mol. The molecular formula is C58H75N3O8. The number of carbonyl (C=O) groups is 2. The molecule has 2 heterocycles. The van der Waals surface area contributed by atoms with Gasteiger partial charge in [0.2, 0.25) is 5.91 Å². The number of nitrogens with one attached hydrogen (secondary N) is 2. The standard InChI is InChI=1S/C58H75N3O8/c1-35(2)10-6-11-36(3)12-7-16-42(34-62)47-25-27-58(54(47)67)49-23-22-45(64)31-40-14-8-13-39(28-40)30-43(29-38-18-20-44(63)21-19-38)51(66)33-60-53-52-41(15-9-17-48(52)55(59)61-56(53)68)32-50(65)37(4)46(49)24-26-57(58,5)69/h7-10,12-21,28,43,45,47,49,51,53-55,60,62-64,66-67,69H,3,6,11,22-27,29-34,59H2,1-2,4-5H3,(H,61,68). The second-order valence-electron chi connectivity index (χ2n) is 20.8. The van der Waals surface area contributed by atoms with E-state index in [2.05, 4.69) is 43.2 Å². The normalized spacial score (nSPS) is 30.4. The van der Waals surface area contributed by atoms with Gasteiger partial charge in [0.25, 0.3) is 0 Å². The Morgan fingerprint density at radius 1 is 0.957 bits per heavy atom. The largest absolute Gasteiger partial charge is 0.508 e. The minimum Gasteiger partial charge on any atom is -0.508 e. The van der Waals surface area contributed by atoms with Crippen LogP contribution in [0.25, 0.3) is 0 Å². The van der Waals surface area contributed by atoms with E-state index >= 15 is 0 Å². The molecule has 2 aliphatic carbocycles. The number of ketones is 1. The Morgan fingerprint density at radius 3 is 2.41 bits per heavy atom. The number of allylic oxidation sites excluding steroid dienone is 8. The summed E-state index contributed by atoms with van der Waals surface area (Å²) in [6, 6.07) is 19.6. The lowest BCUT2D eigenvalue weighted by molar-refractivity contribution is -0.168. The first-order valence-electron chi connectivity index (χ1n) is 25.0. The molecule has 11 nitrogen and oxygen atoms in total. The van der Waals surface area contributed by atoms with Crippen LogP contribution in [0.4, 0.5) is 0 Å². The summed E-state index contributed by atoms with van der Waals surface area (Å²) >= 11 is 0. The number of aliphatic hydroxyl groups is 5. The Bertz CT molecular complexity index is 2470. The highest BCUT2D eigenvalue weighted by atomic mass is 16.3. The maximum absolute atomic E-state index is 14.9. The third-order valence-corrected chi connectivity index (χ3v) is 15.9. The molecule has 10 unspecified atom stereocenters. The summed E-state index contributed by atoms with van der Waals surface area (Å²) in [5.41, 5.74) is 13.1. The Labute approximate surface area is 408 Å². The van der Waals surface area contributed by atoms with Gasteiger partial charge in [0.15, 0.2) is 5.78 Å². The molecule has 11 heteroatoms. The third kappa shape index (κ3) is 11.6. The van der Waals surface area contributed by atoms with E-state index in [0.29, 0.717) is 85.6 Å². The van der Waals surface area contributed by atoms with Gasteiger partial charge in [-0.05, 0) is 167 Å².